The first-order valence-corrected chi connectivity index (χ1v) is 11.7. The van der Waals surface area contributed by atoms with Gasteiger partial charge < -0.3 is 0 Å². The van der Waals surface area contributed by atoms with E-state index in [0.717, 1.165) is 0 Å². The third-order valence-electron chi connectivity index (χ3n) is 3.14. The molecule has 0 saturated heterocycles. The molecule has 0 bridgehead atoms. The summed E-state index contributed by atoms with van der Waals surface area (Å²) in [6, 6.07) is 0. The average Bonchev–Trinajstić information content (AvgIpc) is 2.92. The fourth-order valence-electron chi connectivity index (χ4n) is 2.45. The molecule has 1 aliphatic rings. The van der Waals surface area contributed by atoms with Gasteiger partial charge in [0.1, 0.15) is 0 Å². The Morgan fingerprint density at radius 2 is 1.40 bits per heavy atom. The summed E-state index contributed by atoms with van der Waals surface area (Å²) in [4.78, 5) is 12.4. The predicted molar refractivity (Wildman–Crippen MR) is 91.7 cm³/mol. The summed E-state index contributed by atoms with van der Waals surface area (Å²) in [6.45, 7) is 7.02. The molecule has 0 aromatic carbocycles. The number of carbonyl (C=O) groups excluding carboxylic acids is 1. The molecule has 0 radical (unpaired) electrons. The first kappa shape index (κ1) is 22.6. The van der Waals surface area contributed by atoms with E-state index >= 15 is 4.20 Å². The quantitative estimate of drug-likeness (QED) is 0.351. The molecule has 0 amide bonds. The van der Waals surface area contributed by atoms with Crippen LogP contribution >= 0.6 is 15.2 Å². The van der Waals surface area contributed by atoms with Gasteiger partial charge in [0.2, 0.25) is 0 Å². The van der Waals surface area contributed by atoms with Crippen molar-refractivity contribution in [3.8, 4) is 0 Å². The van der Waals surface area contributed by atoms with E-state index in [2.05, 4.69) is 0 Å². The Labute approximate surface area is 147 Å². The van der Waals surface area contributed by atoms with Crippen molar-refractivity contribution in [2.24, 2.45) is 0 Å². The van der Waals surface area contributed by atoms with E-state index in [1.165, 1.54) is 20.8 Å². The van der Waals surface area contributed by atoms with Crippen LogP contribution in [0.25, 0.3) is 0 Å². The van der Waals surface area contributed by atoms with Gasteiger partial charge >= 0.3 is 147 Å². The number of ether oxygens (including phenoxy) is 1. The fraction of sp³-hybridized carbons (Fsp3) is 0.786. The van der Waals surface area contributed by atoms with Crippen LogP contribution in [-0.4, -0.2) is 45.6 Å². The normalized spacial score (nSPS) is 17.5. The van der Waals surface area contributed by atoms with Crippen molar-refractivity contribution in [1.82, 2.24) is 0 Å². The second-order valence-corrected chi connectivity index (χ2v) is 9.60. The number of esters is 1. The molecule has 11 heteroatoms. The van der Waals surface area contributed by atoms with Crippen molar-refractivity contribution in [2.75, 3.05) is 39.6 Å². The van der Waals surface area contributed by atoms with E-state index < -0.39 is 33.1 Å². The molecule has 0 fully saturated rings. The molecule has 1 rings (SSSR count). The third-order valence-corrected chi connectivity index (χ3v) is 8.78. The summed E-state index contributed by atoms with van der Waals surface area (Å²) in [7, 11) is -9.57. The molecule has 0 unspecified atom stereocenters. The van der Waals surface area contributed by atoms with Crippen LogP contribution in [-0.2, 0) is 36.7 Å². The second kappa shape index (κ2) is 9.00. The first-order valence-electron chi connectivity index (χ1n) is 8.24. The summed E-state index contributed by atoms with van der Waals surface area (Å²) >= 11 is 0. The molecule has 148 valence electrons. The van der Waals surface area contributed by atoms with E-state index in [9.17, 15) is 9.36 Å². The van der Waals surface area contributed by atoms with E-state index in [0.29, 0.717) is 0 Å². The summed E-state index contributed by atoms with van der Waals surface area (Å²) in [5, 5.41) is -0.904. The molecule has 0 spiro atoms. The van der Waals surface area contributed by atoms with Gasteiger partial charge in [-0.15, -0.1) is 0 Å². The molecule has 8 nitrogen and oxygen atoms in total. The van der Waals surface area contributed by atoms with Crippen molar-refractivity contribution in [2.45, 2.75) is 34.6 Å². The van der Waals surface area contributed by atoms with Gasteiger partial charge in [-0.3, -0.25) is 0 Å². The Hall–Kier alpha value is -0.400. The van der Waals surface area contributed by atoms with E-state index in [-0.39, 0.29) is 38.3 Å². The topological polar surface area (TPSA) is 89.5 Å². The molecule has 1 aliphatic heterocycles. The summed E-state index contributed by atoms with van der Waals surface area (Å²) < 4.78 is 60.6. The Morgan fingerprint density at radius 1 is 0.960 bits per heavy atom. The standard InChI is InChI=1S/C14H27FO8P2/c1-6-19-24(17,20-7-2)12-11-18-14(16)13(12)25(15,21-8-3,22-9-4)23-10-5/h6-11H2,1-5H3. The van der Waals surface area contributed by atoms with Gasteiger partial charge in [0, 0.05) is 0 Å². The predicted octanol–water partition coefficient (Wildman–Crippen LogP) is 4.31. The van der Waals surface area contributed by atoms with Gasteiger partial charge in [0.05, 0.1) is 0 Å². The fourth-order valence-corrected chi connectivity index (χ4v) is 7.69. The minimum absolute atomic E-state index is 0.0302. The maximum absolute atomic E-state index is 16.3. The van der Waals surface area contributed by atoms with Gasteiger partial charge in [-0.25, -0.2) is 0 Å². The van der Waals surface area contributed by atoms with Gasteiger partial charge in [-0.1, -0.05) is 0 Å². The van der Waals surface area contributed by atoms with Gasteiger partial charge in [0.15, 0.2) is 0 Å². The minimum atomic E-state index is -5.58. The summed E-state index contributed by atoms with van der Waals surface area (Å²) in [5.74, 6) is -1.05. The zero-order chi connectivity index (χ0) is 19.2. The molecule has 0 aromatic rings. The van der Waals surface area contributed by atoms with E-state index in [4.69, 9.17) is 27.4 Å². The van der Waals surface area contributed by atoms with Crippen LogP contribution in [0, 0.1) is 0 Å². The molecule has 0 saturated carbocycles. The monoisotopic (exact) mass is 404 g/mol. The zero-order valence-electron chi connectivity index (χ0n) is 15.3. The van der Waals surface area contributed by atoms with Gasteiger partial charge in [0.25, 0.3) is 0 Å². The van der Waals surface area contributed by atoms with Crippen LogP contribution in [0.15, 0.2) is 10.6 Å². The van der Waals surface area contributed by atoms with Gasteiger partial charge in [-0.2, -0.15) is 0 Å². The molecular formula is C14H27FO8P2. The third kappa shape index (κ3) is 4.48. The van der Waals surface area contributed by atoms with Crippen molar-refractivity contribution in [3.05, 3.63) is 10.6 Å². The SMILES string of the molecule is CCOP(=O)(OCC)C1=C(P(F)(OCC)(OCC)OCC)C(=O)OC1. The van der Waals surface area contributed by atoms with E-state index in [1.807, 2.05) is 0 Å². The average molecular weight is 404 g/mol. The van der Waals surface area contributed by atoms with E-state index in [1.54, 1.807) is 13.8 Å². The molecular weight excluding hydrogens is 377 g/mol. The summed E-state index contributed by atoms with van der Waals surface area (Å²) in [5.41, 5.74) is 0. The zero-order valence-corrected chi connectivity index (χ0v) is 17.1. The van der Waals surface area contributed by atoms with Crippen molar-refractivity contribution in [3.63, 3.8) is 0 Å². The second-order valence-electron chi connectivity index (χ2n) is 4.75. The summed E-state index contributed by atoms with van der Waals surface area (Å²) in [6.07, 6.45) is 0. The maximum atomic E-state index is 16.3. The molecule has 0 atom stereocenters. The van der Waals surface area contributed by atoms with Crippen LogP contribution in [0.3, 0.4) is 0 Å². The van der Waals surface area contributed by atoms with Crippen LogP contribution in [0.1, 0.15) is 34.6 Å². The Bertz CT molecular complexity index is 535. The molecule has 25 heavy (non-hydrogen) atoms. The Morgan fingerprint density at radius 3 is 1.76 bits per heavy atom. The Kier molecular flexibility index (Phi) is 8.15. The van der Waals surface area contributed by atoms with Crippen molar-refractivity contribution in [1.29, 1.82) is 0 Å². The van der Waals surface area contributed by atoms with Crippen molar-refractivity contribution >= 4 is 21.2 Å². The molecule has 0 aliphatic carbocycles. The van der Waals surface area contributed by atoms with Gasteiger partial charge in [-0.05, 0) is 0 Å². The molecule has 1 heterocycles. The Balaban J connectivity index is 3.70. The van der Waals surface area contributed by atoms with Crippen LogP contribution in [0.2, 0.25) is 0 Å². The first-order chi connectivity index (χ1) is 11.7. The number of hydrogen-bond donors (Lipinski definition) is 0. The number of cyclic esters (lactones) is 1. The number of halogens is 1. The number of hydrogen-bond acceptors (Lipinski definition) is 8. The molecule has 0 N–H and O–H groups in total. The van der Waals surface area contributed by atoms with Crippen LogP contribution < -0.4 is 0 Å². The van der Waals surface area contributed by atoms with Crippen LogP contribution in [0.5, 0.6) is 0 Å². The number of rotatable bonds is 12. The number of carbonyl (C=O) groups is 1. The van der Waals surface area contributed by atoms with Crippen molar-refractivity contribution < 1.29 is 40.9 Å². The van der Waals surface area contributed by atoms with Crippen LogP contribution in [0.4, 0.5) is 4.20 Å². The molecule has 0 aromatic heterocycles.